The molecule has 3 heteroatoms. The SMILES string of the molecule is O=C1CCC2CC(/C=C/CO)CN12. The first kappa shape index (κ1) is 8.75. The van der Waals surface area contributed by atoms with Crippen molar-refractivity contribution in [3.8, 4) is 0 Å². The minimum atomic E-state index is 0.106. The molecule has 0 spiro atoms. The lowest BCUT2D eigenvalue weighted by Gasteiger charge is -2.13. The van der Waals surface area contributed by atoms with Gasteiger partial charge >= 0.3 is 0 Å². The van der Waals surface area contributed by atoms with Crippen LogP contribution in [0.5, 0.6) is 0 Å². The maximum absolute atomic E-state index is 11.3. The zero-order valence-corrected chi connectivity index (χ0v) is 7.65. The van der Waals surface area contributed by atoms with Gasteiger partial charge in [0, 0.05) is 19.0 Å². The van der Waals surface area contributed by atoms with Gasteiger partial charge in [-0.25, -0.2) is 0 Å². The molecule has 0 bridgehead atoms. The molecular weight excluding hydrogens is 166 g/mol. The summed E-state index contributed by atoms with van der Waals surface area (Å²) in [6, 6.07) is 0.487. The largest absolute Gasteiger partial charge is 0.392 e. The van der Waals surface area contributed by atoms with Crippen LogP contribution >= 0.6 is 0 Å². The average Bonchev–Trinajstić information content (AvgIpc) is 2.65. The smallest absolute Gasteiger partial charge is 0.222 e. The fraction of sp³-hybridized carbons (Fsp3) is 0.700. The normalized spacial score (nSPS) is 33.3. The van der Waals surface area contributed by atoms with Gasteiger partial charge in [-0.05, 0) is 18.8 Å². The minimum Gasteiger partial charge on any atom is -0.392 e. The van der Waals surface area contributed by atoms with Crippen molar-refractivity contribution in [2.45, 2.75) is 25.3 Å². The molecule has 0 aromatic carbocycles. The highest BCUT2D eigenvalue weighted by molar-refractivity contribution is 5.79. The molecule has 2 aliphatic heterocycles. The van der Waals surface area contributed by atoms with Crippen LogP contribution in [0.1, 0.15) is 19.3 Å². The van der Waals surface area contributed by atoms with E-state index in [0.29, 0.717) is 17.9 Å². The number of rotatable bonds is 2. The van der Waals surface area contributed by atoms with E-state index in [-0.39, 0.29) is 6.61 Å². The monoisotopic (exact) mass is 181 g/mol. The van der Waals surface area contributed by atoms with Crippen molar-refractivity contribution < 1.29 is 9.90 Å². The van der Waals surface area contributed by atoms with E-state index in [0.717, 1.165) is 25.8 Å². The van der Waals surface area contributed by atoms with Crippen LogP contribution in [0, 0.1) is 5.92 Å². The number of hydrogen-bond donors (Lipinski definition) is 1. The standard InChI is InChI=1S/C10H15NO2/c12-5-1-2-8-6-9-3-4-10(13)11(9)7-8/h1-2,8-9,12H,3-7H2/b2-1+. The van der Waals surface area contributed by atoms with Crippen LogP contribution in [0.25, 0.3) is 0 Å². The maximum Gasteiger partial charge on any atom is 0.222 e. The van der Waals surface area contributed by atoms with Crippen molar-refractivity contribution in [1.82, 2.24) is 4.90 Å². The fourth-order valence-corrected chi connectivity index (χ4v) is 2.36. The second kappa shape index (κ2) is 3.50. The molecule has 2 unspecified atom stereocenters. The summed E-state index contributed by atoms with van der Waals surface area (Å²) in [7, 11) is 0. The second-order valence-electron chi connectivity index (χ2n) is 3.85. The second-order valence-corrected chi connectivity index (χ2v) is 3.85. The van der Waals surface area contributed by atoms with Crippen molar-refractivity contribution in [2.24, 2.45) is 5.92 Å². The number of aliphatic hydroxyl groups excluding tert-OH is 1. The predicted molar refractivity (Wildman–Crippen MR) is 49.1 cm³/mol. The van der Waals surface area contributed by atoms with Gasteiger partial charge in [-0.2, -0.15) is 0 Å². The van der Waals surface area contributed by atoms with Crippen LogP contribution in [-0.2, 0) is 4.79 Å². The van der Waals surface area contributed by atoms with Gasteiger partial charge in [-0.15, -0.1) is 0 Å². The molecule has 1 amide bonds. The first-order chi connectivity index (χ1) is 6.31. The van der Waals surface area contributed by atoms with Gasteiger partial charge in [0.1, 0.15) is 0 Å². The summed E-state index contributed by atoms with van der Waals surface area (Å²) >= 11 is 0. The molecule has 0 aliphatic carbocycles. The number of nitrogens with zero attached hydrogens (tertiary/aromatic N) is 1. The lowest BCUT2D eigenvalue weighted by Crippen LogP contribution is -2.27. The Labute approximate surface area is 78.0 Å². The number of aliphatic hydroxyl groups is 1. The molecule has 2 atom stereocenters. The van der Waals surface area contributed by atoms with Gasteiger partial charge in [0.15, 0.2) is 0 Å². The van der Waals surface area contributed by atoms with Gasteiger partial charge in [-0.3, -0.25) is 4.79 Å². The molecule has 2 aliphatic rings. The van der Waals surface area contributed by atoms with E-state index in [9.17, 15) is 4.79 Å². The third-order valence-electron chi connectivity index (χ3n) is 2.97. The summed E-state index contributed by atoms with van der Waals surface area (Å²) in [6.45, 7) is 0.967. The molecule has 2 heterocycles. The summed E-state index contributed by atoms with van der Waals surface area (Å²) in [5, 5.41) is 8.61. The van der Waals surface area contributed by atoms with E-state index < -0.39 is 0 Å². The predicted octanol–water partition coefficient (Wildman–Crippen LogP) is 0.546. The molecule has 1 N–H and O–H groups in total. The quantitative estimate of drug-likeness (QED) is 0.632. The molecule has 72 valence electrons. The van der Waals surface area contributed by atoms with Crippen molar-refractivity contribution >= 4 is 5.91 Å². The Hall–Kier alpha value is -0.830. The lowest BCUT2D eigenvalue weighted by molar-refractivity contribution is -0.127. The molecular formula is C10H15NO2. The van der Waals surface area contributed by atoms with Crippen LogP contribution in [0.15, 0.2) is 12.2 Å². The molecule has 0 aromatic heterocycles. The average molecular weight is 181 g/mol. The van der Waals surface area contributed by atoms with E-state index >= 15 is 0 Å². The topological polar surface area (TPSA) is 40.5 Å². The van der Waals surface area contributed by atoms with Crippen LogP contribution < -0.4 is 0 Å². The summed E-state index contributed by atoms with van der Waals surface area (Å²) in [5.41, 5.74) is 0. The molecule has 3 nitrogen and oxygen atoms in total. The Kier molecular flexibility index (Phi) is 2.36. The lowest BCUT2D eigenvalue weighted by atomic mass is 10.0. The molecule has 2 rings (SSSR count). The summed E-state index contributed by atoms with van der Waals surface area (Å²) < 4.78 is 0. The molecule has 0 saturated carbocycles. The van der Waals surface area contributed by atoms with Crippen molar-refractivity contribution in [2.75, 3.05) is 13.2 Å². The van der Waals surface area contributed by atoms with E-state index in [1.165, 1.54) is 0 Å². The summed E-state index contributed by atoms with van der Waals surface area (Å²) in [4.78, 5) is 13.3. The van der Waals surface area contributed by atoms with Crippen LogP contribution in [0.4, 0.5) is 0 Å². The van der Waals surface area contributed by atoms with Gasteiger partial charge < -0.3 is 10.0 Å². The third-order valence-corrected chi connectivity index (χ3v) is 2.97. The van der Waals surface area contributed by atoms with E-state index in [1.54, 1.807) is 6.08 Å². The Balaban J connectivity index is 1.94. The van der Waals surface area contributed by atoms with Gasteiger partial charge in [0.2, 0.25) is 5.91 Å². The molecule has 2 saturated heterocycles. The summed E-state index contributed by atoms with van der Waals surface area (Å²) in [5.74, 6) is 0.784. The molecule has 0 radical (unpaired) electrons. The van der Waals surface area contributed by atoms with Crippen molar-refractivity contribution in [3.63, 3.8) is 0 Å². The Bertz CT molecular complexity index is 237. The Morgan fingerprint density at radius 3 is 3.15 bits per heavy atom. The van der Waals surface area contributed by atoms with Crippen LogP contribution in [0.3, 0.4) is 0 Å². The highest BCUT2D eigenvalue weighted by atomic mass is 16.2. The van der Waals surface area contributed by atoms with E-state index in [2.05, 4.69) is 0 Å². The van der Waals surface area contributed by atoms with E-state index in [4.69, 9.17) is 5.11 Å². The fourth-order valence-electron chi connectivity index (χ4n) is 2.36. The van der Waals surface area contributed by atoms with Crippen molar-refractivity contribution in [1.29, 1.82) is 0 Å². The van der Waals surface area contributed by atoms with Gasteiger partial charge in [0.05, 0.1) is 6.61 Å². The number of carbonyl (C=O) groups is 1. The minimum absolute atomic E-state index is 0.106. The third kappa shape index (κ3) is 1.61. The molecule has 2 fully saturated rings. The first-order valence-corrected chi connectivity index (χ1v) is 4.88. The first-order valence-electron chi connectivity index (χ1n) is 4.88. The summed E-state index contributed by atoms with van der Waals surface area (Å²) in [6.07, 6.45) is 6.66. The maximum atomic E-state index is 11.3. The Morgan fingerprint density at radius 2 is 2.46 bits per heavy atom. The van der Waals surface area contributed by atoms with Crippen LogP contribution in [0.2, 0.25) is 0 Å². The molecule has 0 aromatic rings. The number of amides is 1. The van der Waals surface area contributed by atoms with Gasteiger partial charge in [0.25, 0.3) is 0 Å². The highest BCUT2D eigenvalue weighted by Crippen LogP contribution is 2.32. The highest BCUT2D eigenvalue weighted by Gasteiger charge is 2.38. The Morgan fingerprint density at radius 1 is 1.62 bits per heavy atom. The zero-order valence-electron chi connectivity index (χ0n) is 7.65. The molecule has 13 heavy (non-hydrogen) atoms. The van der Waals surface area contributed by atoms with Gasteiger partial charge in [-0.1, -0.05) is 12.2 Å². The van der Waals surface area contributed by atoms with E-state index in [1.807, 2.05) is 11.0 Å². The zero-order chi connectivity index (χ0) is 9.26. The number of fused-ring (bicyclic) bond motifs is 1. The van der Waals surface area contributed by atoms with Crippen molar-refractivity contribution in [3.05, 3.63) is 12.2 Å². The van der Waals surface area contributed by atoms with Crippen LogP contribution in [-0.4, -0.2) is 35.1 Å². The number of carbonyl (C=O) groups excluding carboxylic acids is 1. The number of hydrogen-bond acceptors (Lipinski definition) is 2.